The van der Waals surface area contributed by atoms with Gasteiger partial charge >= 0.3 is 0 Å². The Morgan fingerprint density at radius 2 is 2.00 bits per heavy atom. The lowest BCUT2D eigenvalue weighted by Crippen LogP contribution is -2.24. The van der Waals surface area contributed by atoms with Crippen molar-refractivity contribution in [3.05, 3.63) is 82.2 Å². The average molecular weight is 446 g/mol. The summed E-state index contributed by atoms with van der Waals surface area (Å²) in [5, 5.41) is 27.6. The number of rotatable bonds is 6. The number of hydrogen-bond donors (Lipinski definition) is 1. The molecule has 2 heterocycles. The zero-order chi connectivity index (χ0) is 22.9. The normalized spacial score (nSPS) is 18.6. The van der Waals surface area contributed by atoms with Gasteiger partial charge in [-0.1, -0.05) is 47.6 Å². The molecule has 0 saturated carbocycles. The molecule has 33 heavy (non-hydrogen) atoms. The first kappa shape index (κ1) is 21.0. The Balaban J connectivity index is 1.44. The highest BCUT2D eigenvalue weighted by Crippen LogP contribution is 2.36. The first-order chi connectivity index (χ1) is 16.0. The third-order valence-electron chi connectivity index (χ3n) is 5.99. The molecule has 0 radical (unpaired) electrons. The van der Waals surface area contributed by atoms with E-state index < -0.39 is 11.0 Å². The van der Waals surface area contributed by atoms with E-state index in [-0.39, 0.29) is 17.6 Å². The second kappa shape index (κ2) is 8.61. The van der Waals surface area contributed by atoms with Gasteiger partial charge in [-0.05, 0) is 23.4 Å². The molecule has 1 N–H and O–H groups in total. The first-order valence-electron chi connectivity index (χ1n) is 10.6. The van der Waals surface area contributed by atoms with E-state index in [0.717, 1.165) is 22.1 Å². The molecule has 1 aromatic heterocycles. The fraction of sp³-hybridized carbons (Fsp3) is 0.250. The molecule has 0 amide bonds. The van der Waals surface area contributed by atoms with Crippen LogP contribution < -0.4 is 4.74 Å². The Labute approximate surface area is 189 Å². The first-order valence-corrected chi connectivity index (χ1v) is 10.6. The van der Waals surface area contributed by atoms with Gasteiger partial charge in [0.15, 0.2) is 0 Å². The van der Waals surface area contributed by atoms with E-state index in [2.05, 4.69) is 21.1 Å². The number of nitrogens with zero attached hydrogens (tertiary/aromatic N) is 4. The molecule has 9 heteroatoms. The molecule has 3 aromatic carbocycles. The zero-order valence-corrected chi connectivity index (χ0v) is 17.9. The minimum atomic E-state index is -0.521. The molecule has 0 bridgehead atoms. The number of benzene rings is 3. The van der Waals surface area contributed by atoms with Gasteiger partial charge in [0, 0.05) is 36.2 Å². The topological polar surface area (TPSA) is 115 Å². The summed E-state index contributed by atoms with van der Waals surface area (Å²) in [5.74, 6) is 1.47. The molecular weight excluding hydrogens is 424 g/mol. The lowest BCUT2D eigenvalue weighted by Gasteiger charge is -2.22. The summed E-state index contributed by atoms with van der Waals surface area (Å²) in [6, 6.07) is 17.9. The van der Waals surface area contributed by atoms with Gasteiger partial charge < -0.3 is 14.4 Å². The standard InChI is InChI=1S/C24H22N4O5/c1-32-22-10-9-16(19-7-2-3-8-20(19)22)13-27-14-18(29)12-21(27)24-25-23(26-33-24)15-5-4-6-17(11-15)28(30)31/h2-11,18,21,29H,12-14H2,1H3/t18-,21+/m1/s1. The molecule has 9 nitrogen and oxygen atoms in total. The number of aliphatic hydroxyl groups is 1. The Hall–Kier alpha value is -3.82. The molecule has 1 aliphatic rings. The molecule has 2 atom stereocenters. The van der Waals surface area contributed by atoms with Gasteiger partial charge in [-0.15, -0.1) is 0 Å². The number of aliphatic hydroxyl groups excluding tert-OH is 1. The average Bonchev–Trinajstić information content (AvgIpc) is 3.46. The highest BCUT2D eigenvalue weighted by molar-refractivity contribution is 5.91. The fourth-order valence-corrected chi connectivity index (χ4v) is 4.43. The molecule has 4 aromatic rings. The van der Waals surface area contributed by atoms with E-state index in [9.17, 15) is 15.2 Å². The van der Waals surface area contributed by atoms with Crippen molar-refractivity contribution in [2.45, 2.75) is 25.1 Å². The SMILES string of the molecule is COc1ccc(CN2C[C@H](O)C[C@H]2c2nc(-c3cccc([N+](=O)[O-])c3)no2)c2ccccc12. The van der Waals surface area contributed by atoms with E-state index in [1.54, 1.807) is 19.2 Å². The van der Waals surface area contributed by atoms with Crippen LogP contribution in [0.1, 0.15) is 23.9 Å². The fourth-order valence-electron chi connectivity index (χ4n) is 4.43. The summed E-state index contributed by atoms with van der Waals surface area (Å²) in [6.45, 7) is 1.06. The molecule has 1 aliphatic heterocycles. The van der Waals surface area contributed by atoms with E-state index in [4.69, 9.17) is 9.26 Å². The van der Waals surface area contributed by atoms with Crippen molar-refractivity contribution in [2.75, 3.05) is 13.7 Å². The second-order valence-corrected chi connectivity index (χ2v) is 8.07. The minimum Gasteiger partial charge on any atom is -0.496 e. The van der Waals surface area contributed by atoms with Crippen LogP contribution in [0.5, 0.6) is 5.75 Å². The number of β-amino-alcohol motifs (C(OH)–C–C–N with tert-alkyl or cyclic N) is 1. The Morgan fingerprint density at radius 3 is 2.79 bits per heavy atom. The van der Waals surface area contributed by atoms with Gasteiger partial charge in [-0.25, -0.2) is 0 Å². The van der Waals surface area contributed by atoms with Crippen LogP contribution in [-0.4, -0.2) is 44.8 Å². The van der Waals surface area contributed by atoms with Crippen molar-refractivity contribution < 1.29 is 19.3 Å². The third-order valence-corrected chi connectivity index (χ3v) is 5.99. The van der Waals surface area contributed by atoms with Crippen LogP contribution in [0.4, 0.5) is 5.69 Å². The quantitative estimate of drug-likeness (QED) is 0.348. The number of likely N-dealkylation sites (tertiary alicyclic amines) is 1. The summed E-state index contributed by atoms with van der Waals surface area (Å²) in [7, 11) is 1.66. The summed E-state index contributed by atoms with van der Waals surface area (Å²) in [6.07, 6.45) is -0.0577. The van der Waals surface area contributed by atoms with Crippen molar-refractivity contribution in [1.82, 2.24) is 15.0 Å². The third kappa shape index (κ3) is 4.04. The van der Waals surface area contributed by atoms with Gasteiger partial charge in [-0.3, -0.25) is 15.0 Å². The number of fused-ring (bicyclic) bond motifs is 1. The number of non-ortho nitro benzene ring substituents is 1. The van der Waals surface area contributed by atoms with Gasteiger partial charge in [0.05, 0.1) is 24.2 Å². The molecule has 1 fully saturated rings. The molecular formula is C24H22N4O5. The van der Waals surface area contributed by atoms with Crippen LogP contribution in [0.15, 0.2) is 65.2 Å². The number of aromatic nitrogens is 2. The molecule has 0 aliphatic carbocycles. The van der Waals surface area contributed by atoms with Gasteiger partial charge in [0.25, 0.3) is 5.69 Å². The molecule has 0 spiro atoms. The summed E-state index contributed by atoms with van der Waals surface area (Å²) >= 11 is 0. The van der Waals surface area contributed by atoms with Crippen molar-refractivity contribution in [2.24, 2.45) is 0 Å². The van der Waals surface area contributed by atoms with Crippen LogP contribution >= 0.6 is 0 Å². The van der Waals surface area contributed by atoms with E-state index in [1.807, 2.05) is 30.3 Å². The smallest absolute Gasteiger partial charge is 0.270 e. The van der Waals surface area contributed by atoms with E-state index in [0.29, 0.717) is 31.0 Å². The maximum atomic E-state index is 11.1. The lowest BCUT2D eigenvalue weighted by molar-refractivity contribution is -0.384. The summed E-state index contributed by atoms with van der Waals surface area (Å²) in [4.78, 5) is 17.2. The molecule has 1 saturated heterocycles. The number of ether oxygens (including phenoxy) is 1. The van der Waals surface area contributed by atoms with Crippen LogP contribution in [0, 0.1) is 10.1 Å². The maximum Gasteiger partial charge on any atom is 0.270 e. The van der Waals surface area contributed by atoms with Crippen LogP contribution in [0.2, 0.25) is 0 Å². The minimum absolute atomic E-state index is 0.0388. The summed E-state index contributed by atoms with van der Waals surface area (Å²) < 4.78 is 11.0. The van der Waals surface area contributed by atoms with Crippen LogP contribution in [0.25, 0.3) is 22.2 Å². The largest absolute Gasteiger partial charge is 0.496 e. The monoisotopic (exact) mass is 446 g/mol. The van der Waals surface area contributed by atoms with Crippen molar-refractivity contribution in [1.29, 1.82) is 0 Å². The maximum absolute atomic E-state index is 11.1. The van der Waals surface area contributed by atoms with Crippen molar-refractivity contribution in [3.63, 3.8) is 0 Å². The van der Waals surface area contributed by atoms with Gasteiger partial charge in [-0.2, -0.15) is 4.98 Å². The van der Waals surface area contributed by atoms with Crippen LogP contribution in [-0.2, 0) is 6.54 Å². The number of methoxy groups -OCH3 is 1. The van der Waals surface area contributed by atoms with Crippen molar-refractivity contribution in [3.8, 4) is 17.1 Å². The van der Waals surface area contributed by atoms with E-state index in [1.165, 1.54) is 12.1 Å². The molecule has 168 valence electrons. The Bertz CT molecular complexity index is 1320. The summed E-state index contributed by atoms with van der Waals surface area (Å²) in [5.41, 5.74) is 1.57. The predicted molar refractivity (Wildman–Crippen MR) is 121 cm³/mol. The highest BCUT2D eigenvalue weighted by atomic mass is 16.6. The highest BCUT2D eigenvalue weighted by Gasteiger charge is 2.36. The van der Waals surface area contributed by atoms with Gasteiger partial charge in [0.2, 0.25) is 11.7 Å². The van der Waals surface area contributed by atoms with Crippen molar-refractivity contribution >= 4 is 16.5 Å². The molecule has 5 rings (SSSR count). The lowest BCUT2D eigenvalue weighted by atomic mass is 10.0. The van der Waals surface area contributed by atoms with E-state index >= 15 is 0 Å². The second-order valence-electron chi connectivity index (χ2n) is 8.07. The predicted octanol–water partition coefficient (Wildman–Crippen LogP) is 4.11. The van der Waals surface area contributed by atoms with Crippen LogP contribution in [0.3, 0.4) is 0 Å². The number of nitro groups is 1. The number of nitro benzene ring substituents is 1. The Morgan fingerprint density at radius 1 is 1.18 bits per heavy atom. The zero-order valence-electron chi connectivity index (χ0n) is 17.9. The van der Waals surface area contributed by atoms with Gasteiger partial charge in [0.1, 0.15) is 5.75 Å². The number of hydrogen-bond acceptors (Lipinski definition) is 8. The molecule has 0 unspecified atom stereocenters. The Kier molecular flexibility index (Phi) is 5.49.